The van der Waals surface area contributed by atoms with Crippen LogP contribution >= 0.6 is 0 Å². The Labute approximate surface area is 153 Å². The highest BCUT2D eigenvalue weighted by Gasteiger charge is 2.36. The highest BCUT2D eigenvalue weighted by Crippen LogP contribution is 2.40. The SMILES string of the molecule is CCOC(=O)C1=C(C)OC(N)=C(C#N)C1c1ccc(OC(C)(C)C)cc1. The molecule has 1 aromatic rings. The molecule has 1 unspecified atom stereocenters. The second-order valence-corrected chi connectivity index (χ2v) is 6.90. The Hall–Kier alpha value is -2.94. The summed E-state index contributed by atoms with van der Waals surface area (Å²) in [5.41, 5.74) is 6.75. The van der Waals surface area contributed by atoms with Crippen LogP contribution in [0.15, 0.2) is 47.1 Å². The Bertz CT molecular complexity index is 793. The average molecular weight is 356 g/mol. The molecule has 0 saturated heterocycles. The average Bonchev–Trinajstić information content (AvgIpc) is 2.53. The number of nitrogens with two attached hydrogens (primary N) is 1. The maximum atomic E-state index is 12.5. The van der Waals surface area contributed by atoms with Gasteiger partial charge in [-0.15, -0.1) is 0 Å². The fraction of sp³-hybridized carbons (Fsp3) is 0.400. The maximum Gasteiger partial charge on any atom is 0.338 e. The van der Waals surface area contributed by atoms with Crippen LogP contribution in [-0.4, -0.2) is 18.2 Å². The summed E-state index contributed by atoms with van der Waals surface area (Å²) in [6.45, 7) is 9.46. The Balaban J connectivity index is 2.48. The van der Waals surface area contributed by atoms with Crippen molar-refractivity contribution in [3.05, 3.63) is 52.6 Å². The minimum absolute atomic E-state index is 0.00179. The molecule has 0 radical (unpaired) electrons. The van der Waals surface area contributed by atoms with Crippen molar-refractivity contribution in [2.75, 3.05) is 6.61 Å². The van der Waals surface area contributed by atoms with Crippen LogP contribution in [0.2, 0.25) is 0 Å². The van der Waals surface area contributed by atoms with Crippen LogP contribution in [0, 0.1) is 11.3 Å². The normalized spacial score (nSPS) is 17.5. The van der Waals surface area contributed by atoms with Gasteiger partial charge in [-0.2, -0.15) is 5.26 Å². The van der Waals surface area contributed by atoms with Gasteiger partial charge < -0.3 is 19.9 Å². The molecule has 0 bridgehead atoms. The van der Waals surface area contributed by atoms with Crippen LogP contribution in [-0.2, 0) is 14.3 Å². The number of allylic oxidation sites excluding steroid dienone is 2. The summed E-state index contributed by atoms with van der Waals surface area (Å²) in [4.78, 5) is 12.5. The molecule has 1 heterocycles. The third-order valence-corrected chi connectivity index (χ3v) is 3.74. The Kier molecular flexibility index (Phi) is 5.61. The molecule has 0 saturated carbocycles. The number of ether oxygens (including phenoxy) is 3. The van der Waals surface area contributed by atoms with Gasteiger partial charge in [0.15, 0.2) is 0 Å². The highest BCUT2D eigenvalue weighted by atomic mass is 16.5. The fourth-order valence-electron chi connectivity index (χ4n) is 2.77. The second-order valence-electron chi connectivity index (χ2n) is 6.90. The van der Waals surface area contributed by atoms with Crippen LogP contribution in [0.5, 0.6) is 5.75 Å². The summed E-state index contributed by atoms with van der Waals surface area (Å²) in [6.07, 6.45) is 0. The molecule has 2 N–H and O–H groups in total. The van der Waals surface area contributed by atoms with Gasteiger partial charge >= 0.3 is 5.97 Å². The van der Waals surface area contributed by atoms with Gasteiger partial charge in [0.25, 0.3) is 0 Å². The van der Waals surface area contributed by atoms with E-state index in [1.54, 1.807) is 26.0 Å². The van der Waals surface area contributed by atoms with Crippen LogP contribution in [0.4, 0.5) is 0 Å². The van der Waals surface area contributed by atoms with Gasteiger partial charge in [-0.25, -0.2) is 4.79 Å². The number of carbonyl (C=O) groups excluding carboxylic acids is 1. The number of esters is 1. The van der Waals surface area contributed by atoms with Gasteiger partial charge in [0.2, 0.25) is 5.88 Å². The fourth-order valence-corrected chi connectivity index (χ4v) is 2.77. The molecule has 2 rings (SSSR count). The lowest BCUT2D eigenvalue weighted by Crippen LogP contribution is -2.25. The maximum absolute atomic E-state index is 12.5. The van der Waals surface area contributed by atoms with Crippen molar-refractivity contribution in [2.45, 2.75) is 46.1 Å². The summed E-state index contributed by atoms with van der Waals surface area (Å²) in [7, 11) is 0. The molecular weight excluding hydrogens is 332 g/mol. The van der Waals surface area contributed by atoms with Crippen molar-refractivity contribution in [3.63, 3.8) is 0 Å². The minimum atomic E-state index is -0.642. The molecule has 1 aromatic carbocycles. The van der Waals surface area contributed by atoms with Gasteiger partial charge in [0, 0.05) is 0 Å². The highest BCUT2D eigenvalue weighted by molar-refractivity contribution is 5.92. The van der Waals surface area contributed by atoms with E-state index in [0.29, 0.717) is 11.5 Å². The molecule has 0 amide bonds. The number of carbonyl (C=O) groups is 1. The lowest BCUT2D eigenvalue weighted by Gasteiger charge is -2.27. The number of nitriles is 1. The zero-order valence-corrected chi connectivity index (χ0v) is 15.8. The van der Waals surface area contributed by atoms with E-state index >= 15 is 0 Å². The number of hydrogen-bond acceptors (Lipinski definition) is 6. The molecule has 1 atom stereocenters. The molecule has 6 heteroatoms. The number of benzene rings is 1. The lowest BCUT2D eigenvalue weighted by molar-refractivity contribution is -0.139. The number of hydrogen-bond donors (Lipinski definition) is 1. The van der Waals surface area contributed by atoms with Crippen molar-refractivity contribution in [1.29, 1.82) is 5.26 Å². The first-order valence-electron chi connectivity index (χ1n) is 8.42. The summed E-state index contributed by atoms with van der Waals surface area (Å²) in [6, 6.07) is 9.30. The molecule has 0 aliphatic carbocycles. The van der Waals surface area contributed by atoms with Crippen LogP contribution in [0.3, 0.4) is 0 Å². The van der Waals surface area contributed by atoms with Crippen molar-refractivity contribution in [1.82, 2.24) is 0 Å². The predicted octanol–water partition coefficient (Wildman–Crippen LogP) is 3.51. The molecule has 6 nitrogen and oxygen atoms in total. The lowest BCUT2D eigenvalue weighted by atomic mass is 9.83. The van der Waals surface area contributed by atoms with Gasteiger partial charge in [0.1, 0.15) is 28.8 Å². The second kappa shape index (κ2) is 7.52. The molecular formula is C20H24N2O4. The minimum Gasteiger partial charge on any atom is -0.488 e. The van der Waals surface area contributed by atoms with E-state index in [1.807, 2.05) is 32.9 Å². The number of nitrogens with zero attached hydrogens (tertiary/aromatic N) is 1. The van der Waals surface area contributed by atoms with E-state index in [4.69, 9.17) is 19.9 Å². The van der Waals surface area contributed by atoms with E-state index in [0.717, 1.165) is 5.56 Å². The van der Waals surface area contributed by atoms with Crippen molar-refractivity contribution >= 4 is 5.97 Å². The van der Waals surface area contributed by atoms with Crippen molar-refractivity contribution in [3.8, 4) is 11.8 Å². The van der Waals surface area contributed by atoms with Crippen molar-refractivity contribution in [2.24, 2.45) is 5.73 Å². The monoisotopic (exact) mass is 356 g/mol. The van der Waals surface area contributed by atoms with Gasteiger partial charge in [-0.05, 0) is 52.3 Å². The smallest absolute Gasteiger partial charge is 0.338 e. The first-order chi connectivity index (χ1) is 12.2. The largest absolute Gasteiger partial charge is 0.488 e. The van der Waals surface area contributed by atoms with E-state index in [-0.39, 0.29) is 29.2 Å². The quantitative estimate of drug-likeness (QED) is 0.830. The summed E-state index contributed by atoms with van der Waals surface area (Å²) in [5, 5.41) is 9.55. The molecule has 1 aliphatic rings. The van der Waals surface area contributed by atoms with Crippen LogP contribution in [0.25, 0.3) is 0 Å². The van der Waals surface area contributed by atoms with Gasteiger partial charge in [0.05, 0.1) is 18.1 Å². The van der Waals surface area contributed by atoms with Gasteiger partial charge in [-0.1, -0.05) is 12.1 Å². The predicted molar refractivity (Wildman–Crippen MR) is 96.8 cm³/mol. The van der Waals surface area contributed by atoms with E-state index < -0.39 is 11.9 Å². The van der Waals surface area contributed by atoms with E-state index in [9.17, 15) is 10.1 Å². The molecule has 0 fully saturated rings. The zero-order valence-electron chi connectivity index (χ0n) is 15.8. The standard InChI is InChI=1S/C20H24N2O4/c1-6-24-19(23)16-12(2)25-18(22)15(11-21)17(16)13-7-9-14(10-8-13)26-20(3,4)5/h7-10,17H,6,22H2,1-5H3. The Morgan fingerprint density at radius 1 is 1.31 bits per heavy atom. The van der Waals surface area contributed by atoms with Crippen molar-refractivity contribution < 1.29 is 19.0 Å². The third kappa shape index (κ3) is 4.17. The van der Waals surface area contributed by atoms with Gasteiger partial charge in [-0.3, -0.25) is 0 Å². The molecule has 138 valence electrons. The Morgan fingerprint density at radius 2 is 1.92 bits per heavy atom. The third-order valence-electron chi connectivity index (χ3n) is 3.74. The molecule has 0 spiro atoms. The molecule has 26 heavy (non-hydrogen) atoms. The first kappa shape index (κ1) is 19.4. The van der Waals surface area contributed by atoms with Crippen LogP contribution in [0.1, 0.15) is 46.1 Å². The topological polar surface area (TPSA) is 94.6 Å². The summed E-state index contributed by atoms with van der Waals surface area (Å²) >= 11 is 0. The molecule has 1 aliphatic heterocycles. The van der Waals surface area contributed by atoms with E-state index in [1.165, 1.54) is 0 Å². The zero-order chi connectivity index (χ0) is 19.5. The van der Waals surface area contributed by atoms with E-state index in [2.05, 4.69) is 6.07 Å². The number of rotatable bonds is 4. The Morgan fingerprint density at radius 3 is 2.42 bits per heavy atom. The first-order valence-corrected chi connectivity index (χ1v) is 8.42. The summed E-state index contributed by atoms with van der Waals surface area (Å²) < 4.78 is 16.4. The van der Waals surface area contributed by atoms with Crippen LogP contribution < -0.4 is 10.5 Å². The summed E-state index contributed by atoms with van der Waals surface area (Å²) in [5.74, 6) is -0.137. The molecule has 0 aromatic heterocycles.